The minimum absolute atomic E-state index is 0.226. The highest BCUT2D eigenvalue weighted by Gasteiger charge is 2.24. The standard InChI is InChI=1S/C24H18BrNO3/c1-29-24(28)22-21(17-10-6-3-7-11-17)20-14-18(25)12-13-19(20)23(27)26(22)15-16-8-4-2-5-9-16/h2-14H,15H2,1H3. The molecule has 0 N–H and O–H groups in total. The molecular weight excluding hydrogens is 430 g/mol. The molecule has 0 unspecified atom stereocenters. The molecule has 1 heterocycles. The quantitative estimate of drug-likeness (QED) is 0.400. The highest BCUT2D eigenvalue weighted by Crippen LogP contribution is 2.33. The van der Waals surface area contributed by atoms with Gasteiger partial charge in [0.05, 0.1) is 13.7 Å². The molecule has 4 aromatic rings. The van der Waals surface area contributed by atoms with Gasteiger partial charge < -0.3 is 4.74 Å². The summed E-state index contributed by atoms with van der Waals surface area (Å²) < 4.78 is 7.45. The number of nitrogens with zero attached hydrogens (tertiary/aromatic N) is 1. The van der Waals surface area contributed by atoms with Crippen LogP contribution in [0.3, 0.4) is 0 Å². The molecule has 0 atom stereocenters. The predicted molar refractivity (Wildman–Crippen MR) is 118 cm³/mol. The lowest BCUT2D eigenvalue weighted by Crippen LogP contribution is -2.28. The van der Waals surface area contributed by atoms with Crippen LogP contribution in [0.4, 0.5) is 0 Å². The first kappa shape index (κ1) is 19.2. The molecule has 29 heavy (non-hydrogen) atoms. The van der Waals surface area contributed by atoms with Gasteiger partial charge in [-0.15, -0.1) is 0 Å². The minimum atomic E-state index is -0.543. The monoisotopic (exact) mass is 447 g/mol. The van der Waals surface area contributed by atoms with Crippen molar-refractivity contribution >= 4 is 32.7 Å². The number of methoxy groups -OCH3 is 1. The molecule has 3 aromatic carbocycles. The van der Waals surface area contributed by atoms with E-state index in [0.29, 0.717) is 16.3 Å². The van der Waals surface area contributed by atoms with E-state index >= 15 is 0 Å². The number of halogens is 1. The Kier molecular flexibility index (Phi) is 5.32. The molecule has 4 rings (SSSR count). The molecule has 0 saturated carbocycles. The topological polar surface area (TPSA) is 48.3 Å². The van der Waals surface area contributed by atoms with Crippen LogP contribution in [-0.2, 0) is 11.3 Å². The molecule has 0 amide bonds. The van der Waals surface area contributed by atoms with Gasteiger partial charge >= 0.3 is 5.97 Å². The van der Waals surface area contributed by atoms with Crippen LogP contribution in [0.15, 0.2) is 88.1 Å². The van der Waals surface area contributed by atoms with Gasteiger partial charge in [-0.2, -0.15) is 0 Å². The third-order valence-corrected chi connectivity index (χ3v) is 5.35. The Morgan fingerprint density at radius 1 is 0.931 bits per heavy atom. The summed E-state index contributed by atoms with van der Waals surface area (Å²) in [5, 5.41) is 1.26. The Bertz CT molecular complexity index is 1250. The lowest BCUT2D eigenvalue weighted by Gasteiger charge is -2.19. The van der Waals surface area contributed by atoms with Crippen LogP contribution in [0, 0.1) is 0 Å². The van der Waals surface area contributed by atoms with Crippen LogP contribution in [-0.4, -0.2) is 17.6 Å². The Labute approximate surface area is 176 Å². The van der Waals surface area contributed by atoms with Gasteiger partial charge in [0.15, 0.2) is 0 Å². The summed E-state index contributed by atoms with van der Waals surface area (Å²) >= 11 is 3.49. The molecular formula is C24H18BrNO3. The maximum atomic E-state index is 13.4. The summed E-state index contributed by atoms with van der Waals surface area (Å²) in [6.07, 6.45) is 0. The van der Waals surface area contributed by atoms with Crippen LogP contribution in [0.2, 0.25) is 0 Å². The minimum Gasteiger partial charge on any atom is -0.464 e. The number of hydrogen-bond donors (Lipinski definition) is 0. The molecule has 0 aliphatic carbocycles. The van der Waals surface area contributed by atoms with Crippen LogP contribution in [0.1, 0.15) is 16.1 Å². The second-order valence-corrected chi connectivity index (χ2v) is 7.56. The van der Waals surface area contributed by atoms with E-state index in [2.05, 4.69) is 15.9 Å². The van der Waals surface area contributed by atoms with Gasteiger partial charge in [-0.05, 0) is 34.7 Å². The van der Waals surface area contributed by atoms with Crippen molar-refractivity contribution in [3.8, 4) is 11.1 Å². The second kappa shape index (κ2) is 8.05. The van der Waals surface area contributed by atoms with Crippen LogP contribution >= 0.6 is 15.9 Å². The number of esters is 1. The summed E-state index contributed by atoms with van der Waals surface area (Å²) in [5.74, 6) is -0.543. The second-order valence-electron chi connectivity index (χ2n) is 6.65. The fraction of sp³-hybridized carbons (Fsp3) is 0.0833. The van der Waals surface area contributed by atoms with Crippen molar-refractivity contribution in [1.82, 2.24) is 4.57 Å². The van der Waals surface area contributed by atoms with Gasteiger partial charge in [0.2, 0.25) is 0 Å². The highest BCUT2D eigenvalue weighted by atomic mass is 79.9. The Balaban J connectivity index is 2.14. The zero-order chi connectivity index (χ0) is 20.4. The number of carbonyl (C=O) groups excluding carboxylic acids is 1. The van der Waals surface area contributed by atoms with Gasteiger partial charge in [-0.3, -0.25) is 9.36 Å². The predicted octanol–water partition coefficient (Wildman–Crippen LogP) is 5.27. The van der Waals surface area contributed by atoms with Crippen molar-refractivity contribution in [3.63, 3.8) is 0 Å². The summed E-state index contributed by atoms with van der Waals surface area (Å²) in [7, 11) is 1.33. The summed E-state index contributed by atoms with van der Waals surface area (Å²) in [6, 6.07) is 24.7. The molecule has 4 nitrogen and oxygen atoms in total. The van der Waals surface area contributed by atoms with Gasteiger partial charge in [-0.1, -0.05) is 76.6 Å². The molecule has 0 saturated heterocycles. The Morgan fingerprint density at radius 3 is 2.24 bits per heavy atom. The Hall–Kier alpha value is -3.18. The van der Waals surface area contributed by atoms with Gasteiger partial charge in [-0.25, -0.2) is 4.79 Å². The number of ether oxygens (including phenoxy) is 1. The van der Waals surface area contributed by atoms with Crippen LogP contribution in [0.25, 0.3) is 21.9 Å². The van der Waals surface area contributed by atoms with Crippen molar-refractivity contribution in [2.75, 3.05) is 7.11 Å². The average Bonchev–Trinajstić information content (AvgIpc) is 2.76. The lowest BCUT2D eigenvalue weighted by molar-refractivity contribution is 0.0588. The van der Waals surface area contributed by atoms with E-state index in [1.807, 2.05) is 72.8 Å². The normalized spacial score (nSPS) is 10.8. The number of fused-ring (bicyclic) bond motifs is 1. The molecule has 1 aromatic heterocycles. The SMILES string of the molecule is COC(=O)c1c(-c2ccccc2)c2cc(Br)ccc2c(=O)n1Cc1ccccc1. The van der Waals surface area contributed by atoms with E-state index in [1.54, 1.807) is 6.07 Å². The van der Waals surface area contributed by atoms with Gasteiger partial charge in [0.1, 0.15) is 5.69 Å². The van der Waals surface area contributed by atoms with Gasteiger partial charge in [0, 0.05) is 15.4 Å². The van der Waals surface area contributed by atoms with Crippen molar-refractivity contribution in [2.45, 2.75) is 6.54 Å². The van der Waals surface area contributed by atoms with Gasteiger partial charge in [0.25, 0.3) is 5.56 Å². The zero-order valence-corrected chi connectivity index (χ0v) is 17.3. The van der Waals surface area contributed by atoms with Crippen molar-refractivity contribution < 1.29 is 9.53 Å². The third-order valence-electron chi connectivity index (χ3n) is 4.86. The van der Waals surface area contributed by atoms with E-state index in [-0.39, 0.29) is 17.8 Å². The molecule has 0 fully saturated rings. The number of benzene rings is 3. The Morgan fingerprint density at radius 2 is 1.59 bits per heavy atom. The molecule has 0 aliphatic rings. The fourth-order valence-corrected chi connectivity index (χ4v) is 3.90. The first-order chi connectivity index (χ1) is 14.1. The van der Waals surface area contributed by atoms with E-state index in [4.69, 9.17) is 4.74 Å². The average molecular weight is 448 g/mol. The summed E-state index contributed by atoms with van der Waals surface area (Å²) in [4.78, 5) is 26.3. The molecule has 0 bridgehead atoms. The zero-order valence-electron chi connectivity index (χ0n) is 15.8. The van der Waals surface area contributed by atoms with E-state index in [0.717, 1.165) is 15.6 Å². The molecule has 5 heteroatoms. The first-order valence-electron chi connectivity index (χ1n) is 9.14. The first-order valence-corrected chi connectivity index (χ1v) is 9.93. The molecule has 0 spiro atoms. The lowest BCUT2D eigenvalue weighted by atomic mass is 9.96. The summed E-state index contributed by atoms with van der Waals surface area (Å²) in [6.45, 7) is 0.274. The number of aromatic nitrogens is 1. The smallest absolute Gasteiger partial charge is 0.355 e. The number of rotatable bonds is 4. The molecule has 0 radical (unpaired) electrons. The summed E-state index contributed by atoms with van der Waals surface area (Å²) in [5.41, 5.74) is 2.48. The van der Waals surface area contributed by atoms with Crippen LogP contribution in [0.5, 0.6) is 0 Å². The fourth-order valence-electron chi connectivity index (χ4n) is 3.54. The number of hydrogen-bond acceptors (Lipinski definition) is 3. The van der Waals surface area contributed by atoms with Crippen LogP contribution < -0.4 is 5.56 Å². The third kappa shape index (κ3) is 3.61. The maximum absolute atomic E-state index is 13.4. The van der Waals surface area contributed by atoms with Crippen molar-refractivity contribution in [2.24, 2.45) is 0 Å². The van der Waals surface area contributed by atoms with Crippen molar-refractivity contribution in [3.05, 3.63) is 105 Å². The number of carbonyl (C=O) groups is 1. The van der Waals surface area contributed by atoms with Crippen molar-refractivity contribution in [1.29, 1.82) is 0 Å². The largest absolute Gasteiger partial charge is 0.464 e. The number of pyridine rings is 1. The molecule has 0 aliphatic heterocycles. The highest BCUT2D eigenvalue weighted by molar-refractivity contribution is 9.10. The molecule has 144 valence electrons. The van der Waals surface area contributed by atoms with E-state index < -0.39 is 5.97 Å². The van der Waals surface area contributed by atoms with E-state index in [1.165, 1.54) is 11.7 Å². The van der Waals surface area contributed by atoms with E-state index in [9.17, 15) is 9.59 Å². The maximum Gasteiger partial charge on any atom is 0.355 e.